The molecule has 1 aromatic rings. The van der Waals surface area contributed by atoms with Crippen molar-refractivity contribution >= 4 is 11.8 Å². The zero-order valence-electron chi connectivity index (χ0n) is 13.3. The maximum atomic E-state index is 11.6. The molecule has 2 heterocycles. The number of aromatic nitrogens is 2. The van der Waals surface area contributed by atoms with Crippen molar-refractivity contribution < 1.29 is 9.90 Å². The van der Waals surface area contributed by atoms with Crippen LogP contribution in [0.4, 0.5) is 5.82 Å². The van der Waals surface area contributed by atoms with Crippen LogP contribution < -0.4 is 4.90 Å². The van der Waals surface area contributed by atoms with Crippen molar-refractivity contribution in [3.8, 4) is 0 Å². The number of aromatic carboxylic acids is 1. The van der Waals surface area contributed by atoms with E-state index in [0.29, 0.717) is 23.1 Å². The fourth-order valence-corrected chi connectivity index (χ4v) is 3.04. The molecular weight excluding hydrogens is 268 g/mol. The molecule has 1 fully saturated rings. The van der Waals surface area contributed by atoms with E-state index in [1.165, 1.54) is 6.42 Å². The van der Waals surface area contributed by atoms with Crippen molar-refractivity contribution in [1.29, 1.82) is 0 Å². The number of aryl methyl sites for hydroxylation is 1. The summed E-state index contributed by atoms with van der Waals surface area (Å²) in [5.74, 6) is -0.473. The summed E-state index contributed by atoms with van der Waals surface area (Å²) in [5, 5.41) is 17.7. The Hall–Kier alpha value is -1.69. The molecule has 1 aliphatic rings. The maximum Gasteiger partial charge on any atom is 0.339 e. The highest BCUT2D eigenvalue weighted by Gasteiger charge is 2.27. The predicted molar refractivity (Wildman–Crippen MR) is 82.0 cm³/mol. The van der Waals surface area contributed by atoms with E-state index in [1.807, 2.05) is 11.9 Å². The second kappa shape index (κ2) is 6.39. The number of likely N-dealkylation sites (N-methyl/N-ethyl adjacent to an activating group) is 2. The summed E-state index contributed by atoms with van der Waals surface area (Å²) in [6.45, 7) is 8.68. The number of carboxylic acid groups (broad SMARTS) is 1. The lowest BCUT2D eigenvalue weighted by Crippen LogP contribution is -2.39. The molecule has 1 aliphatic heterocycles. The van der Waals surface area contributed by atoms with E-state index in [0.717, 1.165) is 26.1 Å². The zero-order chi connectivity index (χ0) is 15.6. The molecule has 6 nitrogen and oxygen atoms in total. The normalized spacial score (nSPS) is 19.0. The standard InChI is InChI=1S/C15H24N4O2/c1-5-19-8-6-7-12(19)9-18(4)14-13(15(20)21)10(2)11(3)16-17-14/h12H,5-9H2,1-4H3,(H,20,21). The molecular formula is C15H24N4O2. The van der Waals surface area contributed by atoms with Crippen molar-refractivity contribution in [3.05, 3.63) is 16.8 Å². The number of carboxylic acids is 1. The van der Waals surface area contributed by atoms with Gasteiger partial charge in [-0.25, -0.2) is 4.79 Å². The smallest absolute Gasteiger partial charge is 0.339 e. The van der Waals surface area contributed by atoms with Gasteiger partial charge in [-0.2, -0.15) is 5.10 Å². The second-order valence-electron chi connectivity index (χ2n) is 5.72. The predicted octanol–water partition coefficient (Wildman–Crippen LogP) is 1.71. The highest BCUT2D eigenvalue weighted by Crippen LogP contribution is 2.24. The Labute approximate surface area is 125 Å². The third-order valence-electron chi connectivity index (χ3n) is 4.40. The Morgan fingerprint density at radius 1 is 1.43 bits per heavy atom. The van der Waals surface area contributed by atoms with Gasteiger partial charge in [-0.05, 0) is 45.3 Å². The van der Waals surface area contributed by atoms with Gasteiger partial charge in [0.15, 0.2) is 5.82 Å². The third kappa shape index (κ3) is 3.15. The molecule has 1 atom stereocenters. The van der Waals surface area contributed by atoms with Crippen molar-refractivity contribution in [2.75, 3.05) is 31.6 Å². The van der Waals surface area contributed by atoms with E-state index in [4.69, 9.17) is 0 Å². The molecule has 0 aliphatic carbocycles. The fraction of sp³-hybridized carbons (Fsp3) is 0.667. The number of anilines is 1. The van der Waals surface area contributed by atoms with Crippen LogP contribution in [-0.2, 0) is 0 Å². The van der Waals surface area contributed by atoms with Crippen LogP contribution in [0.1, 0.15) is 41.4 Å². The minimum Gasteiger partial charge on any atom is -0.478 e. The molecule has 6 heteroatoms. The topological polar surface area (TPSA) is 69.6 Å². The number of rotatable bonds is 5. The number of hydrogen-bond acceptors (Lipinski definition) is 5. The quantitative estimate of drug-likeness (QED) is 0.891. The van der Waals surface area contributed by atoms with Gasteiger partial charge in [0.25, 0.3) is 0 Å². The molecule has 1 aromatic heterocycles. The number of carbonyl (C=O) groups is 1. The monoisotopic (exact) mass is 292 g/mol. The molecule has 0 aromatic carbocycles. The molecule has 0 amide bonds. The van der Waals surface area contributed by atoms with E-state index >= 15 is 0 Å². The lowest BCUT2D eigenvalue weighted by Gasteiger charge is -2.29. The van der Waals surface area contributed by atoms with E-state index in [-0.39, 0.29) is 5.56 Å². The van der Waals surface area contributed by atoms with Crippen LogP contribution in [0.5, 0.6) is 0 Å². The molecule has 1 N–H and O–H groups in total. The van der Waals surface area contributed by atoms with E-state index in [2.05, 4.69) is 22.0 Å². The van der Waals surface area contributed by atoms with Crippen LogP contribution in [0, 0.1) is 13.8 Å². The van der Waals surface area contributed by atoms with E-state index < -0.39 is 5.97 Å². The van der Waals surface area contributed by atoms with Gasteiger partial charge in [-0.1, -0.05) is 6.92 Å². The van der Waals surface area contributed by atoms with Gasteiger partial charge < -0.3 is 10.0 Å². The van der Waals surface area contributed by atoms with E-state index in [9.17, 15) is 9.90 Å². The van der Waals surface area contributed by atoms with Gasteiger partial charge in [-0.3, -0.25) is 4.90 Å². The minimum absolute atomic E-state index is 0.269. The average Bonchev–Trinajstić information content (AvgIpc) is 2.88. The van der Waals surface area contributed by atoms with Crippen LogP contribution in [0.3, 0.4) is 0 Å². The minimum atomic E-state index is -0.939. The summed E-state index contributed by atoms with van der Waals surface area (Å²) in [5.41, 5.74) is 1.63. The van der Waals surface area contributed by atoms with Crippen LogP contribution in [0.25, 0.3) is 0 Å². The summed E-state index contributed by atoms with van der Waals surface area (Å²) in [4.78, 5) is 15.9. The fourth-order valence-electron chi connectivity index (χ4n) is 3.04. The van der Waals surface area contributed by atoms with Gasteiger partial charge in [0.2, 0.25) is 0 Å². The van der Waals surface area contributed by atoms with Gasteiger partial charge in [0, 0.05) is 19.6 Å². The molecule has 0 radical (unpaired) electrons. The highest BCUT2D eigenvalue weighted by molar-refractivity contribution is 5.95. The van der Waals surface area contributed by atoms with Gasteiger partial charge in [0.05, 0.1) is 5.69 Å². The molecule has 21 heavy (non-hydrogen) atoms. The Morgan fingerprint density at radius 3 is 2.76 bits per heavy atom. The summed E-state index contributed by atoms with van der Waals surface area (Å²) in [7, 11) is 1.90. The summed E-state index contributed by atoms with van der Waals surface area (Å²) in [6.07, 6.45) is 2.36. The third-order valence-corrected chi connectivity index (χ3v) is 4.40. The van der Waals surface area contributed by atoms with Crippen LogP contribution >= 0.6 is 0 Å². The summed E-state index contributed by atoms with van der Waals surface area (Å²) >= 11 is 0. The molecule has 0 bridgehead atoms. The second-order valence-corrected chi connectivity index (χ2v) is 5.72. The largest absolute Gasteiger partial charge is 0.478 e. The van der Waals surface area contributed by atoms with Crippen molar-refractivity contribution in [2.24, 2.45) is 0 Å². The first-order valence-corrected chi connectivity index (χ1v) is 7.48. The zero-order valence-corrected chi connectivity index (χ0v) is 13.3. The van der Waals surface area contributed by atoms with Crippen LogP contribution in [0.15, 0.2) is 0 Å². The molecule has 116 valence electrons. The first kappa shape index (κ1) is 15.7. The summed E-state index contributed by atoms with van der Waals surface area (Å²) in [6, 6.07) is 0.463. The number of hydrogen-bond donors (Lipinski definition) is 1. The Morgan fingerprint density at radius 2 is 2.14 bits per heavy atom. The highest BCUT2D eigenvalue weighted by atomic mass is 16.4. The molecule has 0 saturated carbocycles. The van der Waals surface area contributed by atoms with Crippen molar-refractivity contribution in [1.82, 2.24) is 15.1 Å². The number of nitrogens with zero attached hydrogens (tertiary/aromatic N) is 4. The Bertz CT molecular complexity index is 533. The SMILES string of the molecule is CCN1CCCC1CN(C)c1nnc(C)c(C)c1C(=O)O. The van der Waals surface area contributed by atoms with E-state index in [1.54, 1.807) is 13.8 Å². The number of likely N-dealkylation sites (tertiary alicyclic amines) is 1. The van der Waals surface area contributed by atoms with Crippen LogP contribution in [0.2, 0.25) is 0 Å². The average molecular weight is 292 g/mol. The molecule has 2 rings (SSSR count). The van der Waals surface area contributed by atoms with Gasteiger partial charge in [0.1, 0.15) is 5.56 Å². The van der Waals surface area contributed by atoms with Crippen molar-refractivity contribution in [3.63, 3.8) is 0 Å². The van der Waals surface area contributed by atoms with Gasteiger partial charge in [-0.15, -0.1) is 5.10 Å². The molecule has 1 saturated heterocycles. The van der Waals surface area contributed by atoms with Crippen molar-refractivity contribution in [2.45, 2.75) is 39.7 Å². The molecule has 1 unspecified atom stereocenters. The first-order valence-electron chi connectivity index (χ1n) is 7.48. The van der Waals surface area contributed by atoms with Crippen LogP contribution in [-0.4, -0.2) is 58.9 Å². The lowest BCUT2D eigenvalue weighted by atomic mass is 10.1. The lowest BCUT2D eigenvalue weighted by molar-refractivity contribution is 0.0696. The Balaban J connectivity index is 2.25. The maximum absolute atomic E-state index is 11.6. The van der Waals surface area contributed by atoms with Gasteiger partial charge >= 0.3 is 5.97 Å². The summed E-state index contributed by atoms with van der Waals surface area (Å²) < 4.78 is 0. The first-order chi connectivity index (χ1) is 9.95. The molecule has 0 spiro atoms. The Kier molecular flexibility index (Phi) is 4.77.